The Hall–Kier alpha value is -0.188. The molecular weight excluding hydrogens is 374 g/mol. The number of carbonyl (C=O) groups excluding carboxylic acids is 1. The number of rotatable bonds is 0. The van der Waals surface area contributed by atoms with Crippen LogP contribution in [-0.2, 0) is 4.79 Å². The summed E-state index contributed by atoms with van der Waals surface area (Å²) in [7, 11) is 0. The van der Waals surface area contributed by atoms with Crippen molar-refractivity contribution in [2.75, 3.05) is 0 Å². The van der Waals surface area contributed by atoms with Crippen LogP contribution in [0, 0.1) is 45.0 Å². The van der Waals surface area contributed by atoms with Crippen LogP contribution < -0.4 is 0 Å². The van der Waals surface area contributed by atoms with Crippen LogP contribution in [0.5, 0.6) is 0 Å². The van der Waals surface area contributed by atoms with Crippen molar-refractivity contribution in [3.63, 3.8) is 0 Å². The molecule has 2 heteroatoms. The molecule has 1 aromatic rings. The van der Waals surface area contributed by atoms with Gasteiger partial charge in [-0.1, -0.05) is 5.56 Å². The fourth-order valence-electron chi connectivity index (χ4n) is 0.588. The Kier molecular flexibility index (Phi) is 10.6. The molecule has 0 bridgehead atoms. The van der Waals surface area contributed by atoms with E-state index in [0.29, 0.717) is 0 Å². The maximum absolute atomic E-state index is 8.68. The van der Waals surface area contributed by atoms with Crippen molar-refractivity contribution in [2.24, 2.45) is 0 Å². The SMILES string of the molecule is C[C-]=O.[CH2-]c1ccc(C)cc1.[U+2]. The summed E-state index contributed by atoms with van der Waals surface area (Å²) in [6, 6.07) is 8.13. The first-order chi connectivity index (χ1) is 5.20. The van der Waals surface area contributed by atoms with Gasteiger partial charge >= 0.3 is 31.1 Å². The predicted molar refractivity (Wildman–Crippen MR) is 47.0 cm³/mol. The maximum atomic E-state index is 8.68. The van der Waals surface area contributed by atoms with Crippen LogP contribution in [0.2, 0.25) is 0 Å². The Bertz CT molecular complexity index is 183. The van der Waals surface area contributed by atoms with Gasteiger partial charge < -0.3 is 4.79 Å². The van der Waals surface area contributed by atoms with Gasteiger partial charge in [-0.2, -0.15) is 31.5 Å². The topological polar surface area (TPSA) is 17.1 Å². The van der Waals surface area contributed by atoms with Crippen LogP contribution in [0.25, 0.3) is 0 Å². The molecule has 0 heterocycles. The van der Waals surface area contributed by atoms with Crippen LogP contribution in [0.3, 0.4) is 0 Å². The first-order valence-corrected chi connectivity index (χ1v) is 3.38. The van der Waals surface area contributed by atoms with Crippen molar-refractivity contribution < 1.29 is 35.9 Å². The van der Waals surface area contributed by atoms with Gasteiger partial charge in [0.15, 0.2) is 0 Å². The summed E-state index contributed by atoms with van der Waals surface area (Å²) in [4.78, 5) is 8.68. The average molecular weight is 386 g/mol. The van der Waals surface area contributed by atoms with Gasteiger partial charge in [0.2, 0.25) is 0 Å². The summed E-state index contributed by atoms with van der Waals surface area (Å²) in [5.41, 5.74) is 2.37. The first-order valence-electron chi connectivity index (χ1n) is 3.38. The Labute approximate surface area is 97.9 Å². The van der Waals surface area contributed by atoms with Gasteiger partial charge in [0.1, 0.15) is 0 Å². The van der Waals surface area contributed by atoms with E-state index in [9.17, 15) is 0 Å². The largest absolute Gasteiger partial charge is 2.00 e. The maximum Gasteiger partial charge on any atom is 2.00 e. The number of aryl methyl sites for hydroxylation is 1. The smallest absolute Gasteiger partial charge is 0.542 e. The zero-order valence-electron chi connectivity index (χ0n) is 7.42. The zero-order chi connectivity index (χ0) is 8.69. The molecule has 0 spiro atoms. The summed E-state index contributed by atoms with van der Waals surface area (Å²) >= 11 is 0. The molecule has 0 aliphatic rings. The van der Waals surface area contributed by atoms with Crippen molar-refractivity contribution in [3.8, 4) is 0 Å². The van der Waals surface area contributed by atoms with Crippen molar-refractivity contribution in [1.29, 1.82) is 0 Å². The van der Waals surface area contributed by atoms with E-state index in [1.54, 1.807) is 0 Å². The molecule has 0 N–H and O–H groups in total. The Morgan fingerprint density at radius 2 is 1.58 bits per heavy atom. The third-order valence-electron chi connectivity index (χ3n) is 1.12. The molecule has 0 atom stereocenters. The minimum absolute atomic E-state index is 0. The second-order valence-electron chi connectivity index (χ2n) is 2.19. The minimum Gasteiger partial charge on any atom is -0.542 e. The van der Waals surface area contributed by atoms with E-state index in [4.69, 9.17) is 4.79 Å². The summed E-state index contributed by atoms with van der Waals surface area (Å²) in [5.74, 6) is 0. The summed E-state index contributed by atoms with van der Waals surface area (Å²) < 4.78 is 0. The minimum atomic E-state index is 0. The molecule has 0 aromatic heterocycles. The van der Waals surface area contributed by atoms with Crippen molar-refractivity contribution in [2.45, 2.75) is 13.8 Å². The Morgan fingerprint density at radius 1 is 1.25 bits per heavy atom. The molecular formula is C10H12OU. The normalized spacial score (nSPS) is 7.17. The zero-order valence-corrected chi connectivity index (χ0v) is 11.6. The van der Waals surface area contributed by atoms with Crippen LogP contribution in [0.1, 0.15) is 18.1 Å². The van der Waals surface area contributed by atoms with Gasteiger partial charge in [0.25, 0.3) is 0 Å². The van der Waals surface area contributed by atoms with E-state index < -0.39 is 0 Å². The Balaban J connectivity index is 0. The fraction of sp³-hybridized carbons (Fsp3) is 0.200. The van der Waals surface area contributed by atoms with E-state index in [1.165, 1.54) is 18.8 Å². The third kappa shape index (κ3) is 7.91. The van der Waals surface area contributed by atoms with E-state index >= 15 is 0 Å². The molecule has 1 nitrogen and oxygen atoms in total. The number of hydrogen-bond acceptors (Lipinski definition) is 1. The molecule has 0 saturated carbocycles. The standard InChI is InChI=1S/C8H9.C2H3O.U/c1-7-3-5-8(2)6-4-7;1-2-3;/h3-6H,1H2,2H3;1H3;/q2*-1;+2. The van der Waals surface area contributed by atoms with Crippen molar-refractivity contribution in [1.82, 2.24) is 0 Å². The summed E-state index contributed by atoms with van der Waals surface area (Å²) in [6.07, 6.45) is 1.50. The third-order valence-corrected chi connectivity index (χ3v) is 1.12. The fourth-order valence-corrected chi connectivity index (χ4v) is 0.588. The average Bonchev–Trinajstić information content (AvgIpc) is 1.97. The van der Waals surface area contributed by atoms with Gasteiger partial charge in [-0.15, -0.1) is 12.1 Å². The molecule has 0 aliphatic carbocycles. The molecule has 0 fully saturated rings. The van der Waals surface area contributed by atoms with Crippen LogP contribution in [-0.4, -0.2) is 6.29 Å². The molecule has 1 rings (SSSR count). The van der Waals surface area contributed by atoms with Gasteiger partial charge in [-0.3, -0.25) is 6.29 Å². The summed E-state index contributed by atoms with van der Waals surface area (Å²) in [6.45, 7) is 7.15. The van der Waals surface area contributed by atoms with Crippen LogP contribution in [0.15, 0.2) is 24.3 Å². The molecule has 1 aromatic carbocycles. The Morgan fingerprint density at radius 3 is 1.83 bits per heavy atom. The molecule has 12 heavy (non-hydrogen) atoms. The second-order valence-corrected chi connectivity index (χ2v) is 2.19. The van der Waals surface area contributed by atoms with Crippen molar-refractivity contribution in [3.05, 3.63) is 42.3 Å². The predicted octanol–water partition coefficient (Wildman–Crippen LogP) is 2.29. The number of hydrogen-bond donors (Lipinski definition) is 0. The van der Waals surface area contributed by atoms with E-state index in [1.807, 2.05) is 12.1 Å². The molecule has 62 valence electrons. The van der Waals surface area contributed by atoms with Gasteiger partial charge in [0, 0.05) is 0 Å². The number of benzene rings is 1. The van der Waals surface area contributed by atoms with E-state index in [2.05, 4.69) is 26.0 Å². The molecule has 0 unspecified atom stereocenters. The van der Waals surface area contributed by atoms with Crippen LogP contribution in [0.4, 0.5) is 0 Å². The van der Waals surface area contributed by atoms with Gasteiger partial charge in [-0.25, -0.2) is 0 Å². The van der Waals surface area contributed by atoms with Crippen LogP contribution >= 0.6 is 0 Å². The monoisotopic (exact) mass is 386 g/mol. The van der Waals surface area contributed by atoms with Gasteiger partial charge in [-0.05, 0) is 6.92 Å². The second kappa shape index (κ2) is 8.90. The van der Waals surface area contributed by atoms with Gasteiger partial charge in [0.05, 0.1) is 0 Å². The van der Waals surface area contributed by atoms with E-state index in [-0.39, 0.29) is 31.1 Å². The molecule has 0 saturated heterocycles. The molecule has 0 aliphatic heterocycles. The first kappa shape index (κ1) is 14.3. The van der Waals surface area contributed by atoms with Crippen molar-refractivity contribution >= 4 is 6.29 Å². The quantitative estimate of drug-likeness (QED) is 0.626. The van der Waals surface area contributed by atoms with E-state index in [0.717, 1.165) is 5.56 Å². The summed E-state index contributed by atoms with van der Waals surface area (Å²) in [5, 5.41) is 0. The molecule has 0 amide bonds. The molecule has 0 radical (unpaired) electrons.